The summed E-state index contributed by atoms with van der Waals surface area (Å²) in [6, 6.07) is -0.365. The van der Waals surface area contributed by atoms with Crippen molar-refractivity contribution < 1.29 is 14.7 Å². The number of carboxylic acids is 1. The monoisotopic (exact) mass is 312 g/mol. The summed E-state index contributed by atoms with van der Waals surface area (Å²) in [5, 5.41) is 12.9. The summed E-state index contributed by atoms with van der Waals surface area (Å²) in [4.78, 5) is 25.9. The van der Waals surface area contributed by atoms with Gasteiger partial charge in [0.1, 0.15) is 6.04 Å². The fourth-order valence-corrected chi connectivity index (χ4v) is 5.41. The van der Waals surface area contributed by atoms with Crippen molar-refractivity contribution >= 4 is 23.6 Å². The third-order valence-electron chi connectivity index (χ3n) is 5.14. The number of fused-ring (bicyclic) bond motifs is 1. The van der Waals surface area contributed by atoms with Crippen LogP contribution in [0, 0.1) is 5.92 Å². The molecule has 1 saturated carbocycles. The van der Waals surface area contributed by atoms with E-state index >= 15 is 0 Å². The van der Waals surface area contributed by atoms with Crippen LogP contribution in [-0.2, 0) is 9.59 Å². The lowest BCUT2D eigenvalue weighted by Crippen LogP contribution is -2.52. The average Bonchev–Trinajstić information content (AvgIpc) is 3.09. The van der Waals surface area contributed by atoms with Gasteiger partial charge in [-0.3, -0.25) is 4.79 Å². The minimum Gasteiger partial charge on any atom is -0.480 e. The van der Waals surface area contributed by atoms with Crippen LogP contribution in [0.4, 0.5) is 0 Å². The Kier molecular flexibility index (Phi) is 4.45. The number of carbonyl (C=O) groups excluding carboxylic acids is 1. The number of thioether (sulfide) groups is 1. The van der Waals surface area contributed by atoms with Crippen molar-refractivity contribution in [1.29, 1.82) is 0 Å². The Morgan fingerprint density at radius 1 is 1.33 bits per heavy atom. The molecule has 1 aliphatic carbocycles. The first-order valence-electron chi connectivity index (χ1n) is 8.04. The molecular weight excluding hydrogens is 288 g/mol. The molecule has 5 atom stereocenters. The molecule has 21 heavy (non-hydrogen) atoms. The van der Waals surface area contributed by atoms with Gasteiger partial charge in [0.2, 0.25) is 5.91 Å². The maximum absolute atomic E-state index is 12.9. The number of hydrogen-bond donors (Lipinski definition) is 2. The Hall–Kier alpha value is -0.750. The van der Waals surface area contributed by atoms with Gasteiger partial charge in [-0.05, 0) is 31.6 Å². The van der Waals surface area contributed by atoms with Crippen LogP contribution >= 0.6 is 11.8 Å². The van der Waals surface area contributed by atoms with E-state index in [0.717, 1.165) is 19.3 Å². The summed E-state index contributed by atoms with van der Waals surface area (Å²) in [6.45, 7) is 2.02. The van der Waals surface area contributed by atoms with Crippen LogP contribution in [0.1, 0.15) is 45.4 Å². The van der Waals surface area contributed by atoms with Crippen molar-refractivity contribution in [2.75, 3.05) is 5.75 Å². The Bertz CT molecular complexity index is 417. The number of carboxylic acid groups (broad SMARTS) is 1. The lowest BCUT2D eigenvalue weighted by atomic mass is 9.85. The maximum Gasteiger partial charge on any atom is 0.327 e. The van der Waals surface area contributed by atoms with Crippen molar-refractivity contribution in [2.45, 2.75) is 68.9 Å². The van der Waals surface area contributed by atoms with Crippen molar-refractivity contribution in [3.05, 3.63) is 0 Å². The molecule has 0 radical (unpaired) electrons. The molecule has 2 heterocycles. The number of carbonyl (C=O) groups is 2. The third-order valence-corrected chi connectivity index (χ3v) is 6.60. The highest BCUT2D eigenvalue weighted by Crippen LogP contribution is 2.37. The van der Waals surface area contributed by atoms with Crippen LogP contribution in [0.2, 0.25) is 0 Å². The van der Waals surface area contributed by atoms with Gasteiger partial charge in [-0.2, -0.15) is 0 Å². The maximum atomic E-state index is 12.9. The second-order valence-corrected chi connectivity index (χ2v) is 7.61. The Labute approximate surface area is 129 Å². The van der Waals surface area contributed by atoms with Gasteiger partial charge in [0.15, 0.2) is 0 Å². The minimum atomic E-state index is -0.873. The van der Waals surface area contributed by atoms with Crippen LogP contribution in [0.25, 0.3) is 0 Å². The van der Waals surface area contributed by atoms with Gasteiger partial charge in [0.25, 0.3) is 0 Å². The highest BCUT2D eigenvalue weighted by Gasteiger charge is 2.46. The molecule has 6 heteroatoms. The van der Waals surface area contributed by atoms with Gasteiger partial charge in [0, 0.05) is 11.8 Å². The molecular formula is C15H24N2O3S. The molecule has 2 N–H and O–H groups in total. The Morgan fingerprint density at radius 2 is 2.10 bits per heavy atom. The third kappa shape index (κ3) is 2.80. The van der Waals surface area contributed by atoms with Gasteiger partial charge in [0.05, 0.1) is 11.4 Å². The lowest BCUT2D eigenvalue weighted by molar-refractivity contribution is -0.149. The molecule has 5 unspecified atom stereocenters. The highest BCUT2D eigenvalue weighted by molar-refractivity contribution is 8.00. The van der Waals surface area contributed by atoms with Gasteiger partial charge in [-0.15, -0.1) is 11.8 Å². The van der Waals surface area contributed by atoms with E-state index in [4.69, 9.17) is 0 Å². The smallest absolute Gasteiger partial charge is 0.327 e. The summed E-state index contributed by atoms with van der Waals surface area (Å²) >= 11 is 1.60. The van der Waals surface area contributed by atoms with E-state index in [1.807, 2.05) is 6.92 Å². The van der Waals surface area contributed by atoms with Gasteiger partial charge in [-0.25, -0.2) is 4.79 Å². The molecule has 3 fully saturated rings. The van der Waals surface area contributed by atoms with Gasteiger partial charge in [-0.1, -0.05) is 19.8 Å². The normalized spacial score (nSPS) is 39.3. The molecule has 3 rings (SSSR count). The molecule has 0 spiro atoms. The summed E-state index contributed by atoms with van der Waals surface area (Å²) in [5.41, 5.74) is 0. The number of nitrogens with one attached hydrogen (secondary N) is 1. The molecule has 0 bridgehead atoms. The molecule has 2 saturated heterocycles. The number of amides is 1. The Morgan fingerprint density at radius 3 is 2.76 bits per heavy atom. The molecule has 2 aliphatic heterocycles. The summed E-state index contributed by atoms with van der Waals surface area (Å²) in [6.07, 6.45) is 6.55. The van der Waals surface area contributed by atoms with Crippen molar-refractivity contribution in [2.24, 2.45) is 5.92 Å². The van der Waals surface area contributed by atoms with Crippen LogP contribution in [0.5, 0.6) is 0 Å². The highest BCUT2D eigenvalue weighted by atomic mass is 32.2. The first-order valence-corrected chi connectivity index (χ1v) is 9.09. The number of hydrogen-bond acceptors (Lipinski definition) is 4. The van der Waals surface area contributed by atoms with Crippen LogP contribution < -0.4 is 5.32 Å². The predicted octanol–water partition coefficient (Wildman–Crippen LogP) is 1.67. The summed E-state index contributed by atoms with van der Waals surface area (Å²) in [5.74, 6) is 0.251. The van der Waals surface area contributed by atoms with Crippen LogP contribution in [-0.4, -0.2) is 51.1 Å². The molecule has 0 aromatic carbocycles. The largest absolute Gasteiger partial charge is 0.480 e. The minimum absolute atomic E-state index is 0.00801. The fourth-order valence-electron chi connectivity index (χ4n) is 4.05. The quantitative estimate of drug-likeness (QED) is 0.829. The van der Waals surface area contributed by atoms with E-state index in [9.17, 15) is 14.7 Å². The second-order valence-electron chi connectivity index (χ2n) is 6.40. The number of nitrogens with zero attached hydrogens (tertiary/aromatic N) is 1. The van der Waals surface area contributed by atoms with E-state index in [1.165, 1.54) is 19.3 Å². The molecule has 0 aromatic heterocycles. The van der Waals surface area contributed by atoms with E-state index in [-0.39, 0.29) is 17.3 Å². The van der Waals surface area contributed by atoms with Gasteiger partial charge < -0.3 is 15.3 Å². The van der Waals surface area contributed by atoms with E-state index in [0.29, 0.717) is 17.7 Å². The van der Waals surface area contributed by atoms with E-state index in [1.54, 1.807) is 16.7 Å². The zero-order valence-corrected chi connectivity index (χ0v) is 13.3. The SMILES string of the molecule is CCC1SCC(C(=O)O)N1C(=O)C1CC2CCCCC2N1. The lowest BCUT2D eigenvalue weighted by Gasteiger charge is -2.29. The van der Waals surface area contributed by atoms with Crippen molar-refractivity contribution in [3.8, 4) is 0 Å². The molecule has 118 valence electrons. The summed E-state index contributed by atoms with van der Waals surface area (Å²) in [7, 11) is 0. The standard InChI is InChI=1S/C15H24N2O3S/c1-2-13-17(12(8-21-13)15(19)20)14(18)11-7-9-5-3-4-6-10(9)16-11/h9-13,16H,2-8H2,1H3,(H,19,20). The topological polar surface area (TPSA) is 69.6 Å². The van der Waals surface area contributed by atoms with Crippen LogP contribution in [0.3, 0.4) is 0 Å². The zero-order chi connectivity index (χ0) is 15.0. The number of rotatable bonds is 3. The molecule has 3 aliphatic rings. The van der Waals surface area contributed by atoms with Gasteiger partial charge >= 0.3 is 5.97 Å². The average molecular weight is 312 g/mol. The molecule has 1 amide bonds. The second kappa shape index (κ2) is 6.16. The summed E-state index contributed by atoms with van der Waals surface area (Å²) < 4.78 is 0. The first-order chi connectivity index (χ1) is 10.1. The number of aliphatic carboxylic acids is 1. The Balaban J connectivity index is 1.72. The zero-order valence-electron chi connectivity index (χ0n) is 12.5. The van der Waals surface area contributed by atoms with Crippen molar-refractivity contribution in [1.82, 2.24) is 10.2 Å². The first kappa shape index (κ1) is 15.2. The van der Waals surface area contributed by atoms with Crippen molar-refractivity contribution in [3.63, 3.8) is 0 Å². The fraction of sp³-hybridized carbons (Fsp3) is 0.867. The predicted molar refractivity (Wildman–Crippen MR) is 82.1 cm³/mol. The van der Waals surface area contributed by atoms with E-state index < -0.39 is 12.0 Å². The van der Waals surface area contributed by atoms with E-state index in [2.05, 4.69) is 5.32 Å². The molecule has 5 nitrogen and oxygen atoms in total. The van der Waals surface area contributed by atoms with Crippen LogP contribution in [0.15, 0.2) is 0 Å². The molecule has 0 aromatic rings.